The van der Waals surface area contributed by atoms with Crippen LogP contribution in [-0.2, 0) is 18.3 Å². The molecule has 1 aromatic rings. The van der Waals surface area contributed by atoms with Crippen LogP contribution in [0.1, 0.15) is 50.7 Å². The number of nitrogens with one attached hydrogen (secondary N) is 2. The van der Waals surface area contributed by atoms with Gasteiger partial charge in [-0.1, -0.05) is 6.92 Å². The van der Waals surface area contributed by atoms with Gasteiger partial charge in [-0.3, -0.25) is 0 Å². The molecule has 8 nitrogen and oxygen atoms in total. The first-order valence-corrected chi connectivity index (χ1v) is 10.8. The van der Waals surface area contributed by atoms with Crippen molar-refractivity contribution in [3.63, 3.8) is 0 Å². The van der Waals surface area contributed by atoms with Crippen molar-refractivity contribution in [3.05, 3.63) is 11.6 Å². The summed E-state index contributed by atoms with van der Waals surface area (Å²) in [5.41, 5.74) is 0. The molecule has 2 aliphatic heterocycles. The summed E-state index contributed by atoms with van der Waals surface area (Å²) in [5.74, 6) is 3.50. The Hall–Kier alpha value is -0.940. The Balaban J connectivity index is 0.00000300. The molecular formula is C20H38IN7O. The van der Waals surface area contributed by atoms with E-state index >= 15 is 0 Å². The average Bonchev–Trinajstić information content (AvgIpc) is 3.33. The Morgan fingerprint density at radius 2 is 2.00 bits per heavy atom. The summed E-state index contributed by atoms with van der Waals surface area (Å²) in [6.45, 7) is 11.1. The van der Waals surface area contributed by atoms with Gasteiger partial charge < -0.3 is 24.8 Å². The van der Waals surface area contributed by atoms with E-state index in [-0.39, 0.29) is 24.0 Å². The van der Waals surface area contributed by atoms with Crippen LogP contribution < -0.4 is 10.6 Å². The minimum absolute atomic E-state index is 0. The molecule has 1 atom stereocenters. The Kier molecular flexibility index (Phi) is 10.6. The van der Waals surface area contributed by atoms with E-state index in [0.29, 0.717) is 12.6 Å². The van der Waals surface area contributed by atoms with Gasteiger partial charge in [0.05, 0.1) is 6.10 Å². The van der Waals surface area contributed by atoms with E-state index in [2.05, 4.69) is 32.7 Å². The fourth-order valence-corrected chi connectivity index (χ4v) is 3.72. The summed E-state index contributed by atoms with van der Waals surface area (Å²) in [6.07, 6.45) is 6.35. The Morgan fingerprint density at radius 1 is 1.21 bits per heavy atom. The van der Waals surface area contributed by atoms with Crippen molar-refractivity contribution in [2.75, 3.05) is 39.3 Å². The Bertz CT molecular complexity index is 622. The smallest absolute Gasteiger partial charge is 0.191 e. The van der Waals surface area contributed by atoms with E-state index in [1.807, 2.05) is 18.5 Å². The molecule has 3 rings (SSSR count). The van der Waals surface area contributed by atoms with Gasteiger partial charge in [-0.2, -0.15) is 0 Å². The van der Waals surface area contributed by atoms with Crippen molar-refractivity contribution in [1.82, 2.24) is 30.3 Å². The predicted octanol–water partition coefficient (Wildman–Crippen LogP) is 2.08. The largest absolute Gasteiger partial charge is 0.376 e. The van der Waals surface area contributed by atoms with Crippen molar-refractivity contribution in [2.24, 2.45) is 18.0 Å². The summed E-state index contributed by atoms with van der Waals surface area (Å²) in [4.78, 5) is 7.31. The highest BCUT2D eigenvalue weighted by Crippen LogP contribution is 2.15. The van der Waals surface area contributed by atoms with Gasteiger partial charge in [0.15, 0.2) is 11.8 Å². The number of aryl methyl sites for hydroxylation is 1. The van der Waals surface area contributed by atoms with Gasteiger partial charge in [-0.05, 0) is 64.6 Å². The van der Waals surface area contributed by atoms with Crippen LogP contribution in [0.25, 0.3) is 0 Å². The van der Waals surface area contributed by atoms with Gasteiger partial charge in [0, 0.05) is 26.7 Å². The molecule has 2 fully saturated rings. The monoisotopic (exact) mass is 519 g/mol. The molecule has 29 heavy (non-hydrogen) atoms. The number of ether oxygens (including phenoxy) is 1. The first-order chi connectivity index (χ1) is 13.6. The number of rotatable bonds is 8. The second kappa shape index (κ2) is 12.7. The summed E-state index contributed by atoms with van der Waals surface area (Å²) in [5, 5.41) is 15.3. The van der Waals surface area contributed by atoms with E-state index in [1.165, 1.54) is 25.9 Å². The number of aromatic nitrogens is 3. The number of aliphatic imine (C=N–C) groups is 1. The summed E-state index contributed by atoms with van der Waals surface area (Å²) in [6, 6.07) is 0. The molecule has 0 bridgehead atoms. The third-order valence-electron chi connectivity index (χ3n) is 5.90. The first-order valence-electron chi connectivity index (χ1n) is 10.8. The molecule has 0 radical (unpaired) electrons. The number of hydrogen-bond acceptors (Lipinski definition) is 5. The van der Waals surface area contributed by atoms with Gasteiger partial charge in [0.25, 0.3) is 0 Å². The molecule has 1 unspecified atom stereocenters. The maximum Gasteiger partial charge on any atom is 0.191 e. The Labute approximate surface area is 192 Å². The van der Waals surface area contributed by atoms with Crippen molar-refractivity contribution in [2.45, 2.75) is 58.6 Å². The van der Waals surface area contributed by atoms with Gasteiger partial charge in [-0.25, -0.2) is 4.99 Å². The van der Waals surface area contributed by atoms with Crippen LogP contribution in [0.2, 0.25) is 0 Å². The third kappa shape index (κ3) is 8.01. The fourth-order valence-electron chi connectivity index (χ4n) is 3.72. The zero-order chi connectivity index (χ0) is 19.8. The molecule has 1 aromatic heterocycles. The van der Waals surface area contributed by atoms with Crippen LogP contribution in [0, 0.1) is 12.8 Å². The van der Waals surface area contributed by atoms with Crippen LogP contribution in [0.4, 0.5) is 0 Å². The number of piperidine rings is 1. The fraction of sp³-hybridized carbons (Fsp3) is 0.850. The second-order valence-corrected chi connectivity index (χ2v) is 8.21. The van der Waals surface area contributed by atoms with Gasteiger partial charge >= 0.3 is 0 Å². The van der Waals surface area contributed by atoms with Crippen molar-refractivity contribution < 1.29 is 4.74 Å². The molecule has 0 aromatic carbocycles. The highest BCUT2D eigenvalue weighted by molar-refractivity contribution is 14.0. The van der Waals surface area contributed by atoms with E-state index in [0.717, 1.165) is 69.0 Å². The van der Waals surface area contributed by atoms with Crippen molar-refractivity contribution >= 4 is 29.9 Å². The maximum absolute atomic E-state index is 5.72. The minimum atomic E-state index is 0. The molecule has 0 spiro atoms. The molecule has 0 amide bonds. The minimum Gasteiger partial charge on any atom is -0.376 e. The summed E-state index contributed by atoms with van der Waals surface area (Å²) < 4.78 is 7.71. The van der Waals surface area contributed by atoms with E-state index in [9.17, 15) is 0 Å². The van der Waals surface area contributed by atoms with Crippen LogP contribution in [0.15, 0.2) is 4.99 Å². The van der Waals surface area contributed by atoms with E-state index in [1.54, 1.807) is 0 Å². The highest BCUT2D eigenvalue weighted by atomic mass is 127. The SMILES string of the molecule is Cc1nnc(CN=C(NCCCN2CCC(C)CC2)NCC2CCCO2)n1C.I. The molecule has 2 saturated heterocycles. The van der Waals surface area contributed by atoms with E-state index < -0.39 is 0 Å². The number of halogens is 1. The summed E-state index contributed by atoms with van der Waals surface area (Å²) in [7, 11) is 1.98. The molecule has 166 valence electrons. The number of hydrogen-bond donors (Lipinski definition) is 2. The van der Waals surface area contributed by atoms with Crippen molar-refractivity contribution in [3.8, 4) is 0 Å². The first kappa shape index (κ1) is 24.3. The number of guanidine groups is 1. The van der Waals surface area contributed by atoms with Crippen LogP contribution >= 0.6 is 24.0 Å². The van der Waals surface area contributed by atoms with Crippen molar-refractivity contribution in [1.29, 1.82) is 0 Å². The standard InChI is InChI=1S/C20H37N7O.HI/c1-16-7-11-27(12-8-16)10-5-9-21-20(22-14-18-6-4-13-28-18)23-15-19-25-24-17(2)26(19)3;/h16,18H,4-15H2,1-3H3,(H2,21,22,23);1H. The zero-order valence-corrected chi connectivity index (χ0v) is 20.5. The zero-order valence-electron chi connectivity index (χ0n) is 18.2. The van der Waals surface area contributed by atoms with Crippen LogP contribution in [0.3, 0.4) is 0 Å². The highest BCUT2D eigenvalue weighted by Gasteiger charge is 2.17. The molecule has 2 aliphatic rings. The van der Waals surface area contributed by atoms with Gasteiger partial charge in [0.2, 0.25) is 0 Å². The second-order valence-electron chi connectivity index (χ2n) is 8.21. The molecule has 3 heterocycles. The lowest BCUT2D eigenvalue weighted by Gasteiger charge is -2.30. The lowest BCUT2D eigenvalue weighted by atomic mass is 9.99. The lowest BCUT2D eigenvalue weighted by molar-refractivity contribution is 0.113. The number of nitrogens with zero attached hydrogens (tertiary/aromatic N) is 5. The Morgan fingerprint density at radius 3 is 2.66 bits per heavy atom. The predicted molar refractivity (Wildman–Crippen MR) is 127 cm³/mol. The molecule has 9 heteroatoms. The van der Waals surface area contributed by atoms with Gasteiger partial charge in [-0.15, -0.1) is 34.2 Å². The summed E-state index contributed by atoms with van der Waals surface area (Å²) >= 11 is 0. The lowest BCUT2D eigenvalue weighted by Crippen LogP contribution is -2.42. The van der Waals surface area contributed by atoms with Gasteiger partial charge in [0.1, 0.15) is 12.4 Å². The topological polar surface area (TPSA) is 79.6 Å². The quantitative estimate of drug-likeness (QED) is 0.237. The molecular weight excluding hydrogens is 481 g/mol. The normalized spacial score (nSPS) is 21.2. The van der Waals surface area contributed by atoms with E-state index in [4.69, 9.17) is 9.73 Å². The average molecular weight is 519 g/mol. The van der Waals surface area contributed by atoms with Crippen LogP contribution in [-0.4, -0.2) is 71.1 Å². The molecule has 0 saturated carbocycles. The molecule has 0 aliphatic carbocycles. The maximum atomic E-state index is 5.72. The van der Waals surface area contributed by atoms with Crippen LogP contribution in [0.5, 0.6) is 0 Å². The third-order valence-corrected chi connectivity index (χ3v) is 5.90. The number of likely N-dealkylation sites (tertiary alicyclic amines) is 1. The molecule has 2 N–H and O–H groups in total.